The van der Waals surface area contributed by atoms with Crippen molar-refractivity contribution < 1.29 is 27.5 Å². The highest BCUT2D eigenvalue weighted by atomic mass is 35.5. The number of rotatable bonds is 11. The third-order valence-corrected chi connectivity index (χ3v) is 6.28. The lowest BCUT2D eigenvalue weighted by Gasteiger charge is -2.22. The number of anilines is 2. The minimum absolute atomic E-state index is 0.183. The highest BCUT2D eigenvalue weighted by molar-refractivity contribution is 7.92. The maximum Gasteiger partial charge on any atom is 0.262 e. The fraction of sp³-hybridized carbons (Fsp3) is 0.160. The molecule has 12 heteroatoms. The van der Waals surface area contributed by atoms with Crippen molar-refractivity contribution in [3.05, 3.63) is 83.4 Å². The molecule has 0 spiro atoms. The molecule has 194 valence electrons. The first-order valence-electron chi connectivity index (χ1n) is 10.9. The standard InChI is InChI=1S/C25H25ClN4O6S/c1-35-20-13-9-19(10-14-20)28-25(32)17-36-21-11-7-18(8-12-21)15-27-29-24(31)16-30(37(2,33)34)23-6-4-3-5-22(23)26/h3-15H,16-17H2,1-2H3,(H,28,32)(H,29,31)/b27-15-. The zero-order valence-electron chi connectivity index (χ0n) is 20.0. The summed E-state index contributed by atoms with van der Waals surface area (Å²) in [5.74, 6) is 0.183. The van der Waals surface area contributed by atoms with Crippen LogP contribution in [0.3, 0.4) is 0 Å². The topological polar surface area (TPSA) is 126 Å². The summed E-state index contributed by atoms with van der Waals surface area (Å²) >= 11 is 6.09. The van der Waals surface area contributed by atoms with E-state index in [1.807, 2.05) is 0 Å². The van der Waals surface area contributed by atoms with Gasteiger partial charge in [0.2, 0.25) is 10.0 Å². The van der Waals surface area contributed by atoms with Crippen molar-refractivity contribution in [2.45, 2.75) is 0 Å². The van der Waals surface area contributed by atoms with Crippen molar-refractivity contribution in [2.24, 2.45) is 5.10 Å². The van der Waals surface area contributed by atoms with Crippen LogP contribution in [0.15, 0.2) is 77.9 Å². The molecule has 3 rings (SSSR count). The number of carbonyl (C=O) groups excluding carboxylic acids is 2. The van der Waals surface area contributed by atoms with Crippen molar-refractivity contribution in [1.29, 1.82) is 0 Å². The Morgan fingerprint density at radius 3 is 2.24 bits per heavy atom. The Bertz CT molecular complexity index is 1360. The number of hydrazone groups is 1. The number of methoxy groups -OCH3 is 1. The monoisotopic (exact) mass is 544 g/mol. The molecule has 37 heavy (non-hydrogen) atoms. The summed E-state index contributed by atoms with van der Waals surface area (Å²) in [6.45, 7) is -0.678. The molecule has 0 aliphatic rings. The van der Waals surface area contributed by atoms with Crippen LogP contribution in [0.2, 0.25) is 5.02 Å². The zero-order chi connectivity index (χ0) is 26.8. The molecule has 2 N–H and O–H groups in total. The zero-order valence-corrected chi connectivity index (χ0v) is 21.6. The molecule has 0 aromatic heterocycles. The van der Waals surface area contributed by atoms with Crippen LogP contribution in [-0.4, -0.2) is 53.0 Å². The molecule has 0 unspecified atom stereocenters. The van der Waals surface area contributed by atoms with E-state index in [4.69, 9.17) is 21.1 Å². The maximum atomic E-state index is 12.3. The second-order valence-electron chi connectivity index (χ2n) is 7.65. The summed E-state index contributed by atoms with van der Waals surface area (Å²) in [6.07, 6.45) is 2.37. The highest BCUT2D eigenvalue weighted by Crippen LogP contribution is 2.26. The van der Waals surface area contributed by atoms with Gasteiger partial charge in [0.05, 0.1) is 30.3 Å². The van der Waals surface area contributed by atoms with Crippen LogP contribution in [0.4, 0.5) is 11.4 Å². The molecule has 0 aliphatic carbocycles. The van der Waals surface area contributed by atoms with Gasteiger partial charge in [-0.1, -0.05) is 23.7 Å². The molecule has 0 atom stereocenters. The van der Waals surface area contributed by atoms with Gasteiger partial charge in [0.1, 0.15) is 18.0 Å². The van der Waals surface area contributed by atoms with Gasteiger partial charge in [-0.15, -0.1) is 0 Å². The first kappa shape index (κ1) is 27.5. The molecule has 3 aromatic rings. The van der Waals surface area contributed by atoms with Gasteiger partial charge in [-0.3, -0.25) is 13.9 Å². The molecule has 0 heterocycles. The van der Waals surface area contributed by atoms with E-state index in [2.05, 4.69) is 15.8 Å². The second kappa shape index (κ2) is 12.7. The SMILES string of the molecule is COc1ccc(NC(=O)COc2ccc(/C=N\NC(=O)CN(c3ccccc3Cl)S(C)(=O)=O)cc2)cc1. The number of benzene rings is 3. The maximum absolute atomic E-state index is 12.3. The normalized spacial score (nSPS) is 11.1. The van der Waals surface area contributed by atoms with Gasteiger partial charge in [0, 0.05) is 5.69 Å². The minimum Gasteiger partial charge on any atom is -0.497 e. The molecular formula is C25H25ClN4O6S. The number of nitrogens with zero attached hydrogens (tertiary/aromatic N) is 2. The Kier molecular flexibility index (Phi) is 9.47. The average molecular weight is 545 g/mol. The van der Waals surface area contributed by atoms with E-state index in [9.17, 15) is 18.0 Å². The van der Waals surface area contributed by atoms with Crippen LogP contribution in [0, 0.1) is 0 Å². The fourth-order valence-electron chi connectivity index (χ4n) is 3.05. The van der Waals surface area contributed by atoms with Crippen LogP contribution >= 0.6 is 11.6 Å². The van der Waals surface area contributed by atoms with Crippen molar-refractivity contribution in [3.8, 4) is 11.5 Å². The predicted molar refractivity (Wildman–Crippen MR) is 143 cm³/mol. The van der Waals surface area contributed by atoms with Crippen LogP contribution in [0.5, 0.6) is 11.5 Å². The van der Waals surface area contributed by atoms with Gasteiger partial charge in [-0.05, 0) is 66.2 Å². The van der Waals surface area contributed by atoms with E-state index in [0.717, 1.165) is 10.6 Å². The quantitative estimate of drug-likeness (QED) is 0.282. The second-order valence-corrected chi connectivity index (χ2v) is 9.96. The third kappa shape index (κ3) is 8.51. The number of sulfonamides is 1. The summed E-state index contributed by atoms with van der Waals surface area (Å²) in [4.78, 5) is 24.4. The van der Waals surface area contributed by atoms with Crippen molar-refractivity contribution >= 4 is 51.0 Å². The van der Waals surface area contributed by atoms with E-state index < -0.39 is 22.5 Å². The Balaban J connectivity index is 1.49. The first-order valence-corrected chi connectivity index (χ1v) is 13.1. The molecule has 0 aliphatic heterocycles. The lowest BCUT2D eigenvalue weighted by atomic mass is 10.2. The lowest BCUT2D eigenvalue weighted by molar-refractivity contribution is -0.119. The van der Waals surface area contributed by atoms with E-state index in [1.54, 1.807) is 67.8 Å². The van der Waals surface area contributed by atoms with Crippen molar-refractivity contribution in [2.75, 3.05) is 36.1 Å². The predicted octanol–water partition coefficient (Wildman–Crippen LogP) is 3.28. The Morgan fingerprint density at radius 1 is 0.973 bits per heavy atom. The van der Waals surface area contributed by atoms with E-state index in [1.165, 1.54) is 18.3 Å². The van der Waals surface area contributed by atoms with Crippen LogP contribution in [-0.2, 0) is 19.6 Å². The molecule has 0 fully saturated rings. The number of amides is 2. The summed E-state index contributed by atoms with van der Waals surface area (Å²) in [5, 5.41) is 6.78. The molecule has 0 radical (unpaired) electrons. The number of ether oxygens (including phenoxy) is 2. The highest BCUT2D eigenvalue weighted by Gasteiger charge is 2.22. The minimum atomic E-state index is -3.76. The van der Waals surface area contributed by atoms with Gasteiger partial charge in [0.25, 0.3) is 11.8 Å². The molecule has 0 saturated heterocycles. The van der Waals surface area contributed by atoms with Gasteiger partial charge in [-0.25, -0.2) is 13.8 Å². The molecule has 10 nitrogen and oxygen atoms in total. The number of halogens is 1. The van der Waals surface area contributed by atoms with E-state index in [-0.39, 0.29) is 23.2 Å². The number of nitrogens with one attached hydrogen (secondary N) is 2. The summed E-state index contributed by atoms with van der Waals surface area (Å²) in [5.41, 5.74) is 3.75. The van der Waals surface area contributed by atoms with Crippen molar-refractivity contribution in [1.82, 2.24) is 5.43 Å². The van der Waals surface area contributed by atoms with Crippen LogP contribution in [0.25, 0.3) is 0 Å². The molecular weight excluding hydrogens is 520 g/mol. The van der Waals surface area contributed by atoms with Gasteiger partial charge >= 0.3 is 0 Å². The Labute approximate surface area is 219 Å². The largest absolute Gasteiger partial charge is 0.497 e. The Morgan fingerprint density at radius 2 is 1.62 bits per heavy atom. The van der Waals surface area contributed by atoms with E-state index >= 15 is 0 Å². The number of hydrogen-bond donors (Lipinski definition) is 2. The molecule has 3 aromatic carbocycles. The number of carbonyl (C=O) groups is 2. The van der Waals surface area contributed by atoms with Gasteiger partial charge in [-0.2, -0.15) is 5.10 Å². The lowest BCUT2D eigenvalue weighted by Crippen LogP contribution is -2.39. The molecule has 0 bridgehead atoms. The van der Waals surface area contributed by atoms with Crippen LogP contribution < -0.4 is 24.5 Å². The summed E-state index contributed by atoms with van der Waals surface area (Å²) in [7, 11) is -2.20. The molecule has 2 amide bonds. The fourth-order valence-corrected chi connectivity index (χ4v) is 4.21. The van der Waals surface area contributed by atoms with Crippen LogP contribution in [0.1, 0.15) is 5.56 Å². The number of para-hydroxylation sites is 1. The van der Waals surface area contributed by atoms with Gasteiger partial charge in [0.15, 0.2) is 6.61 Å². The molecule has 0 saturated carbocycles. The van der Waals surface area contributed by atoms with Gasteiger partial charge < -0.3 is 14.8 Å². The number of hydrogen-bond acceptors (Lipinski definition) is 7. The third-order valence-electron chi connectivity index (χ3n) is 4.84. The summed E-state index contributed by atoms with van der Waals surface area (Å²) < 4.78 is 35.8. The summed E-state index contributed by atoms with van der Waals surface area (Å²) in [6, 6.07) is 19.9. The van der Waals surface area contributed by atoms with Crippen molar-refractivity contribution in [3.63, 3.8) is 0 Å². The van der Waals surface area contributed by atoms with E-state index in [0.29, 0.717) is 22.7 Å². The Hall–Kier alpha value is -4.09. The first-order chi connectivity index (χ1) is 17.7. The smallest absolute Gasteiger partial charge is 0.262 e. The average Bonchev–Trinajstić information content (AvgIpc) is 2.87.